The van der Waals surface area contributed by atoms with E-state index in [-0.39, 0.29) is 17.7 Å². The zero-order valence-electron chi connectivity index (χ0n) is 23.5. The maximum Gasteiger partial charge on any atom is 0.410 e. The average molecular weight is 661 g/mol. The molecule has 2 saturated heterocycles. The van der Waals surface area contributed by atoms with Gasteiger partial charge in [-0.25, -0.2) is 9.78 Å². The van der Waals surface area contributed by atoms with Crippen LogP contribution < -0.4 is 0 Å². The highest BCUT2D eigenvalue weighted by Gasteiger charge is 2.43. The molecule has 3 fully saturated rings. The van der Waals surface area contributed by atoms with Gasteiger partial charge in [0.25, 0.3) is 0 Å². The summed E-state index contributed by atoms with van der Waals surface area (Å²) in [6, 6.07) is 9.14. The highest BCUT2D eigenvalue weighted by molar-refractivity contribution is 14.1. The maximum absolute atomic E-state index is 12.8. The Bertz CT molecular complexity index is 1330. The molecular weight excluding hydrogens is 619 g/mol. The standard InChI is InChI=1S/C31H41IN4O2S/c1-30(2,3)38-29(37)36-18-9-10-24(36)21-34-19-13-22-20-23(11-12-25(22)34)28-33-27(32)26(39-28)31(14-5-4-6-15-31)35-16-7-8-17-35/h11-13,19-20,24H,4-10,14-18,21H2,1-3H3/t24-/m0/s1. The van der Waals surface area contributed by atoms with Gasteiger partial charge in [-0.3, -0.25) is 4.90 Å². The Morgan fingerprint density at radius 3 is 2.59 bits per heavy atom. The molecule has 0 radical (unpaired) electrons. The van der Waals surface area contributed by atoms with Crippen LogP contribution in [0.1, 0.15) is 83.4 Å². The molecule has 0 bridgehead atoms. The molecule has 0 N–H and O–H groups in total. The summed E-state index contributed by atoms with van der Waals surface area (Å²) >= 11 is 4.43. The molecule has 6 nitrogen and oxygen atoms in total. The van der Waals surface area contributed by atoms with E-state index >= 15 is 0 Å². The first-order valence-corrected chi connectivity index (χ1v) is 16.6. The van der Waals surface area contributed by atoms with E-state index in [1.165, 1.54) is 83.1 Å². The van der Waals surface area contributed by atoms with Crippen LogP contribution in [0.2, 0.25) is 0 Å². The zero-order chi connectivity index (χ0) is 27.2. The monoisotopic (exact) mass is 660 g/mol. The van der Waals surface area contributed by atoms with Gasteiger partial charge in [0.1, 0.15) is 14.3 Å². The van der Waals surface area contributed by atoms with Crippen LogP contribution in [0.3, 0.4) is 0 Å². The number of carbonyl (C=O) groups excluding carboxylic acids is 1. The van der Waals surface area contributed by atoms with Crippen molar-refractivity contribution >= 4 is 50.9 Å². The van der Waals surface area contributed by atoms with Gasteiger partial charge >= 0.3 is 6.09 Å². The second-order valence-electron chi connectivity index (χ2n) is 12.6. The first kappa shape index (κ1) is 27.5. The lowest BCUT2D eigenvalue weighted by Gasteiger charge is -2.44. The molecule has 2 aromatic heterocycles. The second kappa shape index (κ2) is 11.0. The first-order chi connectivity index (χ1) is 18.7. The summed E-state index contributed by atoms with van der Waals surface area (Å²) in [4.78, 5) is 24.2. The number of nitrogens with zero attached hydrogens (tertiary/aromatic N) is 4. The number of hydrogen-bond acceptors (Lipinski definition) is 5. The number of aromatic nitrogens is 2. The summed E-state index contributed by atoms with van der Waals surface area (Å²) in [7, 11) is 0. The van der Waals surface area contributed by atoms with E-state index < -0.39 is 5.60 Å². The van der Waals surface area contributed by atoms with Gasteiger partial charge in [0.15, 0.2) is 0 Å². The molecule has 1 saturated carbocycles. The number of carbonyl (C=O) groups is 1. The number of thiazole rings is 1. The molecule has 3 aromatic rings. The summed E-state index contributed by atoms with van der Waals surface area (Å²) in [5.74, 6) is 0. The lowest BCUT2D eigenvalue weighted by atomic mass is 9.79. The topological polar surface area (TPSA) is 50.6 Å². The molecule has 1 amide bonds. The van der Waals surface area contributed by atoms with Crippen molar-refractivity contribution in [2.75, 3.05) is 19.6 Å². The van der Waals surface area contributed by atoms with E-state index in [4.69, 9.17) is 9.72 Å². The number of ether oxygens (including phenoxy) is 1. The van der Waals surface area contributed by atoms with Crippen molar-refractivity contribution in [2.24, 2.45) is 0 Å². The molecule has 8 heteroatoms. The van der Waals surface area contributed by atoms with Crippen molar-refractivity contribution in [1.29, 1.82) is 0 Å². The van der Waals surface area contributed by atoms with Crippen LogP contribution in [-0.2, 0) is 16.8 Å². The van der Waals surface area contributed by atoms with Gasteiger partial charge in [-0.05, 0) is 119 Å². The zero-order valence-corrected chi connectivity index (χ0v) is 26.5. The molecule has 2 aliphatic heterocycles. The lowest BCUT2D eigenvalue weighted by Crippen LogP contribution is -2.45. The van der Waals surface area contributed by atoms with E-state index in [1.54, 1.807) is 0 Å². The Kier molecular flexibility index (Phi) is 7.74. The number of benzene rings is 1. The fourth-order valence-electron chi connectivity index (χ4n) is 6.99. The summed E-state index contributed by atoms with van der Waals surface area (Å²) in [6.45, 7) is 9.82. The highest BCUT2D eigenvalue weighted by atomic mass is 127. The second-order valence-corrected chi connectivity index (χ2v) is 14.7. The Balaban J connectivity index is 1.24. The molecule has 0 unspecified atom stereocenters. The molecule has 1 aliphatic carbocycles. The average Bonchev–Trinajstić information content (AvgIpc) is 3.71. The quantitative estimate of drug-likeness (QED) is 0.260. The molecule has 1 aromatic carbocycles. The van der Waals surface area contributed by atoms with Crippen LogP contribution in [0, 0.1) is 3.70 Å². The highest BCUT2D eigenvalue weighted by Crippen LogP contribution is 2.48. The minimum atomic E-state index is -0.473. The molecule has 6 rings (SSSR count). The fraction of sp³-hybridized carbons (Fsp3) is 0.613. The summed E-state index contributed by atoms with van der Waals surface area (Å²) in [5.41, 5.74) is 2.13. The van der Waals surface area contributed by atoms with Crippen LogP contribution in [-0.4, -0.2) is 56.7 Å². The molecular formula is C31H41IN4O2S. The Morgan fingerprint density at radius 2 is 1.85 bits per heavy atom. The minimum absolute atomic E-state index is 0.162. The third-order valence-electron chi connectivity index (χ3n) is 8.83. The third-order valence-corrected chi connectivity index (χ3v) is 11.3. The largest absolute Gasteiger partial charge is 0.444 e. The summed E-state index contributed by atoms with van der Waals surface area (Å²) < 4.78 is 9.18. The fourth-order valence-corrected chi connectivity index (χ4v) is 9.45. The van der Waals surface area contributed by atoms with Gasteiger partial charge < -0.3 is 14.2 Å². The van der Waals surface area contributed by atoms with E-state index in [9.17, 15) is 4.79 Å². The van der Waals surface area contributed by atoms with Crippen molar-refractivity contribution in [3.05, 3.63) is 39.0 Å². The number of amides is 1. The molecule has 1 atom stereocenters. The number of fused-ring (bicyclic) bond motifs is 1. The predicted molar refractivity (Wildman–Crippen MR) is 167 cm³/mol. The lowest BCUT2D eigenvalue weighted by molar-refractivity contribution is 0.0215. The summed E-state index contributed by atoms with van der Waals surface area (Å²) in [6.07, 6.45) is 13.2. The van der Waals surface area contributed by atoms with Crippen molar-refractivity contribution in [1.82, 2.24) is 19.4 Å². The molecule has 210 valence electrons. The van der Waals surface area contributed by atoms with Gasteiger partial charge in [-0.15, -0.1) is 11.3 Å². The van der Waals surface area contributed by atoms with Gasteiger partial charge in [0, 0.05) is 35.8 Å². The van der Waals surface area contributed by atoms with Crippen LogP contribution in [0.15, 0.2) is 30.5 Å². The van der Waals surface area contributed by atoms with Crippen LogP contribution in [0.25, 0.3) is 21.5 Å². The van der Waals surface area contributed by atoms with Gasteiger partial charge in [-0.2, -0.15) is 0 Å². The van der Waals surface area contributed by atoms with E-state index in [0.29, 0.717) is 0 Å². The van der Waals surface area contributed by atoms with Crippen molar-refractivity contribution < 1.29 is 9.53 Å². The SMILES string of the molecule is CC(C)(C)OC(=O)N1CCC[C@H]1Cn1ccc2cc(-c3nc(I)c(C4(N5CCCC5)CCCCC4)s3)ccc21. The third kappa shape index (κ3) is 5.49. The number of likely N-dealkylation sites (tertiary alicyclic amines) is 2. The van der Waals surface area contributed by atoms with Crippen LogP contribution in [0.4, 0.5) is 4.79 Å². The molecule has 3 aliphatic rings. The van der Waals surface area contributed by atoms with Crippen LogP contribution in [0.5, 0.6) is 0 Å². The predicted octanol–water partition coefficient (Wildman–Crippen LogP) is 8.02. The smallest absolute Gasteiger partial charge is 0.410 e. The van der Waals surface area contributed by atoms with E-state index in [1.807, 2.05) is 37.0 Å². The summed E-state index contributed by atoms with van der Waals surface area (Å²) in [5, 5.41) is 2.37. The van der Waals surface area contributed by atoms with E-state index in [2.05, 4.69) is 62.5 Å². The number of halogens is 1. The van der Waals surface area contributed by atoms with Crippen LogP contribution >= 0.6 is 33.9 Å². The number of hydrogen-bond donors (Lipinski definition) is 0. The molecule has 0 spiro atoms. The molecule has 4 heterocycles. The molecule has 39 heavy (non-hydrogen) atoms. The Labute approximate surface area is 250 Å². The van der Waals surface area contributed by atoms with Gasteiger partial charge in [-0.1, -0.05) is 19.3 Å². The minimum Gasteiger partial charge on any atom is -0.444 e. The van der Waals surface area contributed by atoms with Gasteiger partial charge in [0.05, 0.1) is 16.5 Å². The first-order valence-electron chi connectivity index (χ1n) is 14.7. The Hall–Kier alpha value is -1.65. The van der Waals surface area contributed by atoms with Crippen molar-refractivity contribution in [3.63, 3.8) is 0 Å². The number of rotatable bonds is 5. The normalized spacial score (nSPS) is 22.2. The van der Waals surface area contributed by atoms with Crippen molar-refractivity contribution in [3.8, 4) is 10.6 Å². The maximum atomic E-state index is 12.8. The van der Waals surface area contributed by atoms with Gasteiger partial charge in [0.2, 0.25) is 0 Å². The Morgan fingerprint density at radius 1 is 1.08 bits per heavy atom. The van der Waals surface area contributed by atoms with Crippen molar-refractivity contribution in [2.45, 2.75) is 102 Å². The van der Waals surface area contributed by atoms with E-state index in [0.717, 1.165) is 30.9 Å².